The van der Waals surface area contributed by atoms with Gasteiger partial charge >= 0.3 is 0 Å². The number of rotatable bonds is 8. The van der Waals surface area contributed by atoms with E-state index in [2.05, 4.69) is 19.2 Å². The number of hydrogen-bond donors (Lipinski definition) is 2. The van der Waals surface area contributed by atoms with Crippen LogP contribution >= 0.6 is 0 Å². The van der Waals surface area contributed by atoms with E-state index < -0.39 is 0 Å². The van der Waals surface area contributed by atoms with Crippen LogP contribution in [0.4, 0.5) is 0 Å². The van der Waals surface area contributed by atoms with Crippen molar-refractivity contribution in [3.63, 3.8) is 0 Å². The molecule has 0 amide bonds. The van der Waals surface area contributed by atoms with Crippen LogP contribution in [0, 0.1) is 4.91 Å². The summed E-state index contributed by atoms with van der Waals surface area (Å²) in [5, 5.41) is 11.3. The van der Waals surface area contributed by atoms with Crippen LogP contribution in [0.15, 0.2) is 5.34 Å². The molecule has 0 aliphatic rings. The van der Waals surface area contributed by atoms with Crippen LogP contribution in [0.5, 0.6) is 0 Å². The van der Waals surface area contributed by atoms with Gasteiger partial charge in [0, 0.05) is 20.4 Å². The summed E-state index contributed by atoms with van der Waals surface area (Å²) in [6.45, 7) is 6.93. The topological polar surface area (TPSA) is 61.7 Å². The van der Waals surface area contributed by atoms with Gasteiger partial charge in [-0.1, -0.05) is 39.5 Å². The van der Waals surface area contributed by atoms with Gasteiger partial charge in [0.2, 0.25) is 0 Å². The Kier molecular flexibility index (Phi) is 32.3. The third-order valence-electron chi connectivity index (χ3n) is 1.91. The van der Waals surface area contributed by atoms with Crippen molar-refractivity contribution in [3.05, 3.63) is 4.91 Å². The monoisotopic (exact) mass is 310 g/mol. The van der Waals surface area contributed by atoms with Gasteiger partial charge in [0.05, 0.1) is 0 Å². The Morgan fingerprint density at radius 1 is 1.00 bits per heavy atom. The van der Waals surface area contributed by atoms with E-state index >= 15 is 0 Å². The minimum atomic E-state index is 0. The van der Waals surface area contributed by atoms with E-state index in [9.17, 15) is 0 Å². The molecule has 0 aromatic heterocycles. The summed E-state index contributed by atoms with van der Waals surface area (Å²) in [5.74, 6) is 0. The predicted octanol–water partition coefficient (Wildman–Crippen LogP) is 3.10. The Labute approximate surface area is 107 Å². The molecule has 0 fully saturated rings. The first-order valence-corrected chi connectivity index (χ1v) is 5.50. The Balaban J connectivity index is -0.000000320. The van der Waals surface area contributed by atoms with Crippen molar-refractivity contribution in [2.24, 2.45) is 5.34 Å². The molecule has 0 aromatic carbocycles. The maximum absolute atomic E-state index is 8.11. The van der Waals surface area contributed by atoms with Crippen LogP contribution in [0.1, 0.15) is 52.4 Å². The summed E-state index contributed by atoms with van der Waals surface area (Å²) >= 11 is 0. The second-order valence-electron chi connectivity index (χ2n) is 3.25. The van der Waals surface area contributed by atoms with Crippen molar-refractivity contribution in [2.45, 2.75) is 52.4 Å². The molecule has 4 nitrogen and oxygen atoms in total. The minimum absolute atomic E-state index is 0. The van der Waals surface area contributed by atoms with Crippen LogP contribution in [0.2, 0.25) is 0 Å². The molecule has 0 radical (unpaired) electrons. The molecule has 0 atom stereocenters. The summed E-state index contributed by atoms with van der Waals surface area (Å²) in [4.78, 5) is 8.11. The van der Waals surface area contributed by atoms with Crippen molar-refractivity contribution in [2.75, 3.05) is 13.1 Å². The number of unbranched alkanes of at least 4 members (excludes halogenated alkanes) is 4. The first kappa shape index (κ1) is 20.4. The fourth-order valence-electron chi connectivity index (χ4n) is 1.12. The molecule has 2 N–H and O–H groups in total. The van der Waals surface area contributed by atoms with Gasteiger partial charge in [-0.05, 0) is 25.9 Å². The summed E-state index contributed by atoms with van der Waals surface area (Å²) in [6, 6.07) is 0. The summed E-state index contributed by atoms with van der Waals surface area (Å²) in [5.41, 5.74) is 0. The van der Waals surface area contributed by atoms with Gasteiger partial charge in [0.15, 0.2) is 5.34 Å². The molecular formula is C10H24N2O2Pd. The van der Waals surface area contributed by atoms with E-state index in [1.165, 1.54) is 57.0 Å². The molecule has 0 aliphatic carbocycles. The van der Waals surface area contributed by atoms with E-state index in [0.717, 1.165) is 0 Å². The van der Waals surface area contributed by atoms with E-state index in [4.69, 9.17) is 10.1 Å². The third-order valence-corrected chi connectivity index (χ3v) is 1.91. The molecule has 0 heterocycles. The molecular weight excluding hydrogens is 287 g/mol. The maximum Gasteiger partial charge on any atom is 0.152 e. The molecule has 0 aliphatic heterocycles. The molecule has 0 unspecified atom stereocenters. The fraction of sp³-hybridized carbons (Fsp3) is 1.00. The zero-order valence-electron chi connectivity index (χ0n) is 9.78. The van der Waals surface area contributed by atoms with Gasteiger partial charge in [-0.3, -0.25) is 0 Å². The molecule has 15 heavy (non-hydrogen) atoms. The Bertz CT molecular complexity index is 97.4. The summed E-state index contributed by atoms with van der Waals surface area (Å²) in [7, 11) is 0. The van der Waals surface area contributed by atoms with E-state index in [1.54, 1.807) is 0 Å². The van der Waals surface area contributed by atoms with Gasteiger partial charge < -0.3 is 10.5 Å². The summed E-state index contributed by atoms with van der Waals surface area (Å²) in [6.07, 6.45) is 8.11. The van der Waals surface area contributed by atoms with Crippen molar-refractivity contribution in [1.29, 1.82) is 0 Å². The zero-order chi connectivity index (χ0) is 11.1. The molecule has 96 valence electrons. The van der Waals surface area contributed by atoms with Gasteiger partial charge in [-0.15, -0.1) is 4.91 Å². The van der Waals surface area contributed by atoms with Gasteiger partial charge in [0.1, 0.15) is 0 Å². The second kappa shape index (κ2) is 23.7. The Hall–Kier alpha value is 0.0223. The van der Waals surface area contributed by atoms with Crippen LogP contribution in [0.25, 0.3) is 0 Å². The van der Waals surface area contributed by atoms with Gasteiger partial charge in [-0.2, -0.15) is 0 Å². The summed E-state index contributed by atoms with van der Waals surface area (Å²) < 4.78 is 0. The largest absolute Gasteiger partial charge is 0.379 e. The van der Waals surface area contributed by atoms with Crippen LogP contribution < -0.4 is 5.32 Å². The molecule has 0 bridgehead atoms. The van der Waals surface area contributed by atoms with Crippen molar-refractivity contribution >= 4 is 0 Å². The van der Waals surface area contributed by atoms with Crippen molar-refractivity contribution in [1.82, 2.24) is 5.32 Å². The molecule has 5 heteroatoms. The second-order valence-corrected chi connectivity index (χ2v) is 3.25. The molecule has 0 rings (SSSR count). The first-order chi connectivity index (χ1) is 6.83. The van der Waals surface area contributed by atoms with Gasteiger partial charge in [0.25, 0.3) is 0 Å². The zero-order valence-corrected chi connectivity index (χ0v) is 11.3. The minimum Gasteiger partial charge on any atom is -0.379 e. The Morgan fingerprint density at radius 3 is 1.60 bits per heavy atom. The normalized spacial score (nSPS) is 8.40. The standard InChI is InChI=1S/C10H23N.HNO2.Pd/c1-3-5-7-9-11-10-8-6-4-2;2-1-3;/h11H,3-10H2,1-2H3;(H,2,3);. The van der Waals surface area contributed by atoms with E-state index in [-0.39, 0.29) is 20.4 Å². The first-order valence-electron chi connectivity index (χ1n) is 5.50. The van der Waals surface area contributed by atoms with Crippen LogP contribution in [-0.2, 0) is 20.4 Å². The average molecular weight is 311 g/mol. The number of nitrogens with zero attached hydrogens (tertiary/aromatic N) is 1. The predicted molar refractivity (Wildman–Crippen MR) is 59.5 cm³/mol. The smallest absolute Gasteiger partial charge is 0.152 e. The number of nitrogens with one attached hydrogen (secondary N) is 1. The average Bonchev–Trinajstić information content (AvgIpc) is 2.18. The molecule has 0 aromatic rings. The van der Waals surface area contributed by atoms with Crippen molar-refractivity contribution in [3.8, 4) is 0 Å². The molecule has 0 saturated heterocycles. The van der Waals surface area contributed by atoms with E-state index in [1.807, 2.05) is 0 Å². The third kappa shape index (κ3) is 31.5. The van der Waals surface area contributed by atoms with E-state index in [0.29, 0.717) is 0 Å². The SMILES string of the molecule is CCCCCNCCCCC.O=NO.[Pd]. The Morgan fingerprint density at radius 2 is 1.33 bits per heavy atom. The molecule has 0 spiro atoms. The van der Waals surface area contributed by atoms with Gasteiger partial charge in [-0.25, -0.2) is 0 Å². The van der Waals surface area contributed by atoms with Crippen LogP contribution in [0.3, 0.4) is 0 Å². The maximum atomic E-state index is 8.11. The quantitative estimate of drug-likeness (QED) is 0.313. The van der Waals surface area contributed by atoms with Crippen molar-refractivity contribution < 1.29 is 25.6 Å². The fourth-order valence-corrected chi connectivity index (χ4v) is 1.12. The van der Waals surface area contributed by atoms with Crippen LogP contribution in [-0.4, -0.2) is 18.3 Å². The number of hydrogen-bond acceptors (Lipinski definition) is 3. The molecule has 0 saturated carbocycles.